The fourth-order valence-corrected chi connectivity index (χ4v) is 4.09. The Kier molecular flexibility index (Phi) is 5.94. The van der Waals surface area contributed by atoms with E-state index in [2.05, 4.69) is 4.98 Å². The van der Waals surface area contributed by atoms with Crippen molar-refractivity contribution >= 4 is 17.1 Å². The van der Waals surface area contributed by atoms with Gasteiger partial charge in [0.15, 0.2) is 5.65 Å². The molecule has 0 radical (unpaired) electrons. The number of nitrogens with zero attached hydrogens (tertiary/aromatic N) is 4. The molecule has 1 aliphatic heterocycles. The van der Waals surface area contributed by atoms with Gasteiger partial charge in [-0.2, -0.15) is 0 Å². The first-order valence-electron chi connectivity index (χ1n) is 10.1. The summed E-state index contributed by atoms with van der Waals surface area (Å²) in [5.41, 5.74) is 1.76. The van der Waals surface area contributed by atoms with Crippen LogP contribution < -0.4 is 15.2 Å². The number of carbonyl (C=O) groups excluding carboxylic acids is 1. The predicted molar refractivity (Wildman–Crippen MR) is 115 cm³/mol. The van der Waals surface area contributed by atoms with E-state index in [4.69, 9.17) is 14.2 Å². The van der Waals surface area contributed by atoms with Crippen LogP contribution in [0.5, 0.6) is 11.5 Å². The largest absolute Gasteiger partial charge is 0.497 e. The summed E-state index contributed by atoms with van der Waals surface area (Å²) in [5.74, 6) is 0.990. The van der Waals surface area contributed by atoms with Gasteiger partial charge in [-0.1, -0.05) is 0 Å². The van der Waals surface area contributed by atoms with Crippen LogP contribution in [0.2, 0.25) is 0 Å². The van der Waals surface area contributed by atoms with Gasteiger partial charge < -0.3 is 19.1 Å². The summed E-state index contributed by atoms with van der Waals surface area (Å²) < 4.78 is 19.1. The number of likely N-dealkylation sites (tertiary alicyclic amines) is 1. The van der Waals surface area contributed by atoms with E-state index in [1.54, 1.807) is 59.8 Å². The fourth-order valence-electron chi connectivity index (χ4n) is 4.09. The van der Waals surface area contributed by atoms with Gasteiger partial charge in [0.25, 0.3) is 5.91 Å². The van der Waals surface area contributed by atoms with Gasteiger partial charge in [-0.25, -0.2) is 9.78 Å². The second kappa shape index (κ2) is 8.81. The zero-order valence-corrected chi connectivity index (χ0v) is 17.9. The molecule has 3 aromatic rings. The maximum Gasteiger partial charge on any atom is 0.330 e. The number of hydrogen-bond donors (Lipinski definition) is 0. The summed E-state index contributed by atoms with van der Waals surface area (Å²) in [6, 6.07) is 8.67. The molecule has 1 saturated heterocycles. The molecule has 1 aromatic carbocycles. The van der Waals surface area contributed by atoms with Gasteiger partial charge in [0.2, 0.25) is 0 Å². The summed E-state index contributed by atoms with van der Waals surface area (Å²) >= 11 is 0. The van der Waals surface area contributed by atoms with Gasteiger partial charge in [-0.15, -0.1) is 0 Å². The molecular formula is C22H26N4O5. The Morgan fingerprint density at radius 1 is 1.16 bits per heavy atom. The number of fused-ring (bicyclic) bond motifs is 1. The van der Waals surface area contributed by atoms with Crippen LogP contribution in [0.4, 0.5) is 0 Å². The Labute approximate surface area is 179 Å². The van der Waals surface area contributed by atoms with Gasteiger partial charge in [-0.3, -0.25) is 13.9 Å². The summed E-state index contributed by atoms with van der Waals surface area (Å²) in [4.78, 5) is 32.5. The molecule has 31 heavy (non-hydrogen) atoms. The van der Waals surface area contributed by atoms with Gasteiger partial charge in [0, 0.05) is 38.0 Å². The normalized spacial score (nSPS) is 16.1. The first-order chi connectivity index (χ1) is 15.1. The lowest BCUT2D eigenvalue weighted by Gasteiger charge is -2.18. The summed E-state index contributed by atoms with van der Waals surface area (Å²) in [5, 5.41) is 0. The van der Waals surface area contributed by atoms with E-state index in [1.807, 2.05) is 12.1 Å². The number of imidazole rings is 1. The number of aromatic nitrogens is 3. The minimum atomic E-state index is -0.148. The van der Waals surface area contributed by atoms with E-state index in [0.29, 0.717) is 55.4 Å². The molecule has 4 rings (SSSR count). The van der Waals surface area contributed by atoms with Crippen molar-refractivity contribution in [2.45, 2.75) is 19.0 Å². The molecule has 0 bridgehead atoms. The lowest BCUT2D eigenvalue weighted by atomic mass is 10.1. The van der Waals surface area contributed by atoms with E-state index in [1.165, 1.54) is 0 Å². The molecule has 1 atom stereocenters. The van der Waals surface area contributed by atoms with Gasteiger partial charge in [0.1, 0.15) is 11.5 Å². The highest BCUT2D eigenvalue weighted by atomic mass is 16.5. The molecule has 2 aromatic heterocycles. The lowest BCUT2D eigenvalue weighted by molar-refractivity contribution is 0.0787. The number of pyridine rings is 1. The Morgan fingerprint density at radius 3 is 2.58 bits per heavy atom. The summed E-state index contributed by atoms with van der Waals surface area (Å²) in [7, 11) is 4.71. The van der Waals surface area contributed by atoms with Crippen molar-refractivity contribution in [2.24, 2.45) is 0 Å². The molecule has 3 heterocycles. The first kappa shape index (κ1) is 20.9. The Balaban J connectivity index is 1.62. The number of ether oxygens (including phenoxy) is 3. The monoisotopic (exact) mass is 426 g/mol. The van der Waals surface area contributed by atoms with E-state index in [0.717, 1.165) is 5.52 Å². The molecule has 1 aliphatic rings. The second-order valence-electron chi connectivity index (χ2n) is 7.44. The van der Waals surface area contributed by atoms with E-state index in [-0.39, 0.29) is 17.6 Å². The minimum absolute atomic E-state index is 0.121. The molecule has 164 valence electrons. The van der Waals surface area contributed by atoms with Crippen LogP contribution in [0.3, 0.4) is 0 Å². The van der Waals surface area contributed by atoms with Gasteiger partial charge in [0.05, 0.1) is 38.9 Å². The Hall–Kier alpha value is -3.33. The van der Waals surface area contributed by atoms with Crippen molar-refractivity contribution in [2.75, 3.05) is 41.0 Å². The lowest BCUT2D eigenvalue weighted by Crippen LogP contribution is -2.32. The van der Waals surface area contributed by atoms with E-state index >= 15 is 0 Å². The number of rotatable bonds is 7. The average Bonchev–Trinajstić information content (AvgIpc) is 3.39. The third-order valence-corrected chi connectivity index (χ3v) is 5.66. The molecule has 0 unspecified atom stereocenters. The van der Waals surface area contributed by atoms with Crippen LogP contribution in [0.25, 0.3) is 11.2 Å². The van der Waals surface area contributed by atoms with Crippen molar-refractivity contribution in [1.29, 1.82) is 0 Å². The zero-order chi connectivity index (χ0) is 22.0. The topological polar surface area (TPSA) is 87.8 Å². The molecule has 9 nitrogen and oxygen atoms in total. The zero-order valence-electron chi connectivity index (χ0n) is 17.9. The summed E-state index contributed by atoms with van der Waals surface area (Å²) in [6.45, 7) is 1.86. The highest BCUT2D eigenvalue weighted by Gasteiger charge is 2.31. The van der Waals surface area contributed by atoms with E-state index < -0.39 is 0 Å². The third kappa shape index (κ3) is 3.88. The molecule has 1 amide bonds. The van der Waals surface area contributed by atoms with Crippen molar-refractivity contribution in [3.63, 3.8) is 0 Å². The standard InChI is InChI=1S/C22H26N4O5/c1-29-10-9-25-19-5-4-7-23-20(19)26(22(25)28)16-6-8-24(14-16)21(27)15-11-17(30-2)13-18(12-15)31-3/h4-5,7,11-13,16H,6,8-10,14H2,1-3H3/t16-/m1/s1. The maximum absolute atomic E-state index is 13.2. The number of amides is 1. The van der Waals surface area contributed by atoms with Crippen LogP contribution in [0, 0.1) is 0 Å². The Morgan fingerprint density at radius 2 is 1.90 bits per heavy atom. The smallest absolute Gasteiger partial charge is 0.330 e. The number of benzene rings is 1. The quantitative estimate of drug-likeness (QED) is 0.574. The highest BCUT2D eigenvalue weighted by molar-refractivity contribution is 5.95. The fraction of sp³-hybridized carbons (Fsp3) is 0.409. The predicted octanol–water partition coefficient (Wildman–Crippen LogP) is 1.95. The molecule has 1 fully saturated rings. The number of hydrogen-bond acceptors (Lipinski definition) is 6. The van der Waals surface area contributed by atoms with Crippen LogP contribution in [-0.2, 0) is 11.3 Å². The van der Waals surface area contributed by atoms with Crippen molar-refractivity contribution < 1.29 is 19.0 Å². The van der Waals surface area contributed by atoms with Crippen molar-refractivity contribution in [3.8, 4) is 11.5 Å². The highest BCUT2D eigenvalue weighted by Crippen LogP contribution is 2.28. The molecule has 0 spiro atoms. The molecule has 0 saturated carbocycles. The number of methoxy groups -OCH3 is 3. The van der Waals surface area contributed by atoms with Crippen LogP contribution in [0.15, 0.2) is 41.3 Å². The van der Waals surface area contributed by atoms with E-state index in [9.17, 15) is 9.59 Å². The number of carbonyl (C=O) groups is 1. The van der Waals surface area contributed by atoms with Crippen LogP contribution >= 0.6 is 0 Å². The van der Waals surface area contributed by atoms with Crippen molar-refractivity contribution in [1.82, 2.24) is 19.0 Å². The second-order valence-corrected chi connectivity index (χ2v) is 7.44. The molecule has 0 N–H and O–H groups in total. The molecule has 9 heteroatoms. The SMILES string of the molecule is COCCn1c(=O)n([C@@H]2CCN(C(=O)c3cc(OC)cc(OC)c3)C2)c2ncccc21. The Bertz CT molecular complexity index is 1130. The third-order valence-electron chi connectivity index (χ3n) is 5.66. The molecular weight excluding hydrogens is 400 g/mol. The first-order valence-corrected chi connectivity index (χ1v) is 10.1. The van der Waals surface area contributed by atoms with Crippen LogP contribution in [-0.4, -0.2) is 66.0 Å². The maximum atomic E-state index is 13.2. The van der Waals surface area contributed by atoms with Gasteiger partial charge in [-0.05, 0) is 30.7 Å². The van der Waals surface area contributed by atoms with Crippen LogP contribution in [0.1, 0.15) is 22.8 Å². The van der Waals surface area contributed by atoms with Gasteiger partial charge >= 0.3 is 5.69 Å². The summed E-state index contributed by atoms with van der Waals surface area (Å²) in [6.07, 6.45) is 2.35. The average molecular weight is 426 g/mol. The molecule has 0 aliphatic carbocycles. The van der Waals surface area contributed by atoms with Crippen molar-refractivity contribution in [3.05, 3.63) is 52.6 Å². The minimum Gasteiger partial charge on any atom is -0.497 e.